The van der Waals surface area contributed by atoms with Gasteiger partial charge in [0, 0.05) is 23.8 Å². The lowest BCUT2D eigenvalue weighted by Gasteiger charge is -2.18. The number of rotatable bonds is 9. The van der Waals surface area contributed by atoms with Crippen molar-refractivity contribution in [2.24, 2.45) is 0 Å². The van der Waals surface area contributed by atoms with E-state index in [0.717, 1.165) is 38.2 Å². The smallest absolute Gasteiger partial charge is 0.171 e. The van der Waals surface area contributed by atoms with Crippen LogP contribution in [0, 0.1) is 5.82 Å². The minimum Gasteiger partial charge on any atom is -0.362 e. The molecule has 0 atom stereocenters. The van der Waals surface area contributed by atoms with E-state index in [4.69, 9.17) is 23.8 Å². The molecule has 1 aromatic carbocycles. The van der Waals surface area contributed by atoms with E-state index < -0.39 is 0 Å². The van der Waals surface area contributed by atoms with Gasteiger partial charge in [-0.3, -0.25) is 4.68 Å². The summed E-state index contributed by atoms with van der Waals surface area (Å²) in [6, 6.07) is 6.19. The van der Waals surface area contributed by atoms with Gasteiger partial charge in [0.25, 0.3) is 0 Å². The van der Waals surface area contributed by atoms with Crippen molar-refractivity contribution in [3.63, 3.8) is 0 Å². The van der Waals surface area contributed by atoms with Crippen molar-refractivity contribution < 1.29 is 4.39 Å². The van der Waals surface area contributed by atoms with Crippen molar-refractivity contribution in [1.82, 2.24) is 20.0 Å². The molecule has 0 amide bonds. The van der Waals surface area contributed by atoms with Crippen LogP contribution in [0.15, 0.2) is 30.5 Å². The fraction of sp³-hybridized carbons (Fsp3) is 0.444. The van der Waals surface area contributed by atoms with Crippen LogP contribution in [0.2, 0.25) is 5.02 Å². The molecule has 0 fully saturated rings. The molecule has 0 aliphatic heterocycles. The maximum absolute atomic E-state index is 13.1. The van der Waals surface area contributed by atoms with Crippen molar-refractivity contribution in [3.05, 3.63) is 46.9 Å². The average molecular weight is 398 g/mol. The van der Waals surface area contributed by atoms with Gasteiger partial charge in [-0.25, -0.2) is 4.39 Å². The lowest BCUT2D eigenvalue weighted by atomic mass is 10.2. The fourth-order valence-electron chi connectivity index (χ4n) is 2.55. The van der Waals surface area contributed by atoms with E-state index in [1.54, 1.807) is 10.7 Å². The number of aromatic nitrogens is 2. The molecule has 0 bridgehead atoms. The minimum atomic E-state index is -0.348. The van der Waals surface area contributed by atoms with Gasteiger partial charge in [-0.05, 0) is 56.0 Å². The summed E-state index contributed by atoms with van der Waals surface area (Å²) in [5, 5.41) is 11.6. The zero-order chi connectivity index (χ0) is 18.9. The monoisotopic (exact) mass is 397 g/mol. The van der Waals surface area contributed by atoms with Crippen molar-refractivity contribution >= 4 is 34.7 Å². The number of nitrogens with one attached hydrogen (secondary N) is 2. The van der Waals surface area contributed by atoms with Crippen LogP contribution in [0.3, 0.4) is 0 Å². The molecule has 1 aromatic heterocycles. The lowest BCUT2D eigenvalue weighted by molar-refractivity contribution is 0.300. The summed E-state index contributed by atoms with van der Waals surface area (Å²) in [5.74, 6) is 0.309. The topological polar surface area (TPSA) is 45.1 Å². The van der Waals surface area contributed by atoms with Crippen LogP contribution in [0.4, 0.5) is 10.2 Å². The number of nitrogens with zero attached hydrogens (tertiary/aromatic N) is 3. The minimum absolute atomic E-state index is 0.348. The summed E-state index contributed by atoms with van der Waals surface area (Å²) in [6.45, 7) is 8.79. The molecule has 0 unspecified atom stereocenters. The van der Waals surface area contributed by atoms with Gasteiger partial charge in [-0.1, -0.05) is 31.5 Å². The van der Waals surface area contributed by atoms with E-state index in [1.807, 2.05) is 12.3 Å². The molecule has 26 heavy (non-hydrogen) atoms. The van der Waals surface area contributed by atoms with Crippen LogP contribution in [-0.4, -0.2) is 46.0 Å². The number of hydrogen-bond acceptors (Lipinski definition) is 3. The Kier molecular flexibility index (Phi) is 8.28. The predicted molar refractivity (Wildman–Crippen MR) is 109 cm³/mol. The van der Waals surface area contributed by atoms with E-state index in [9.17, 15) is 4.39 Å². The lowest BCUT2D eigenvalue weighted by Crippen LogP contribution is -2.32. The molecule has 1 heterocycles. The fourth-order valence-corrected chi connectivity index (χ4v) is 2.98. The SMILES string of the molecule is CCN(CC)CCCNC(=S)Nc1ccn(Cc2ccc(F)cc2Cl)n1. The molecule has 2 aromatic rings. The Morgan fingerprint density at radius 2 is 2.08 bits per heavy atom. The van der Waals surface area contributed by atoms with Gasteiger partial charge in [-0.15, -0.1) is 0 Å². The third-order valence-electron chi connectivity index (χ3n) is 4.06. The molecule has 0 saturated carbocycles. The van der Waals surface area contributed by atoms with Gasteiger partial charge in [0.1, 0.15) is 5.82 Å². The Balaban J connectivity index is 1.77. The van der Waals surface area contributed by atoms with Crippen LogP contribution >= 0.6 is 23.8 Å². The van der Waals surface area contributed by atoms with Gasteiger partial charge in [0.05, 0.1) is 6.54 Å². The second-order valence-corrected chi connectivity index (χ2v) is 6.71. The van der Waals surface area contributed by atoms with Crippen molar-refractivity contribution in [2.75, 3.05) is 31.5 Å². The first kappa shape index (κ1) is 20.6. The number of benzene rings is 1. The van der Waals surface area contributed by atoms with Crippen molar-refractivity contribution in [2.45, 2.75) is 26.8 Å². The summed E-state index contributed by atoms with van der Waals surface area (Å²) in [5.41, 5.74) is 0.805. The average Bonchev–Trinajstić information content (AvgIpc) is 3.04. The van der Waals surface area contributed by atoms with Gasteiger partial charge >= 0.3 is 0 Å². The third-order valence-corrected chi connectivity index (χ3v) is 4.66. The predicted octanol–water partition coefficient (Wildman–Crippen LogP) is 3.74. The van der Waals surface area contributed by atoms with E-state index in [0.29, 0.717) is 22.5 Å². The van der Waals surface area contributed by atoms with Gasteiger partial charge in [0.2, 0.25) is 0 Å². The highest BCUT2D eigenvalue weighted by Crippen LogP contribution is 2.18. The molecule has 2 N–H and O–H groups in total. The standard InChI is InChI=1S/C18H25ClFN5S/c1-3-24(4-2)10-5-9-21-18(26)22-17-8-11-25(23-17)13-14-6-7-15(20)12-16(14)19/h6-8,11-12H,3-5,9-10,13H2,1-2H3,(H2,21,22,23,26). The first-order valence-corrected chi connectivity index (χ1v) is 9.55. The van der Waals surface area contributed by atoms with E-state index in [-0.39, 0.29) is 5.82 Å². The maximum atomic E-state index is 13.1. The van der Waals surface area contributed by atoms with Crippen molar-refractivity contribution in [3.8, 4) is 0 Å². The first-order valence-electron chi connectivity index (χ1n) is 8.76. The number of halogens is 2. The number of thiocarbonyl (C=S) groups is 1. The normalized spacial score (nSPS) is 11.0. The van der Waals surface area contributed by atoms with Crippen LogP contribution in [0.25, 0.3) is 0 Å². The van der Waals surface area contributed by atoms with Crippen LogP contribution in [-0.2, 0) is 6.54 Å². The van der Waals surface area contributed by atoms with E-state index in [1.165, 1.54) is 12.1 Å². The molecular weight excluding hydrogens is 373 g/mol. The highest BCUT2D eigenvalue weighted by atomic mass is 35.5. The second kappa shape index (κ2) is 10.4. The zero-order valence-electron chi connectivity index (χ0n) is 15.1. The quantitative estimate of drug-likeness (QED) is 0.498. The number of anilines is 1. The molecule has 2 rings (SSSR count). The summed E-state index contributed by atoms with van der Waals surface area (Å²) in [4.78, 5) is 2.38. The highest BCUT2D eigenvalue weighted by molar-refractivity contribution is 7.80. The summed E-state index contributed by atoms with van der Waals surface area (Å²) >= 11 is 11.4. The van der Waals surface area contributed by atoms with Crippen LogP contribution in [0.5, 0.6) is 0 Å². The van der Waals surface area contributed by atoms with Gasteiger partial charge in [0.15, 0.2) is 10.9 Å². The molecular formula is C18H25ClFN5S. The number of hydrogen-bond donors (Lipinski definition) is 2. The van der Waals surface area contributed by atoms with E-state index >= 15 is 0 Å². The van der Waals surface area contributed by atoms with Gasteiger partial charge < -0.3 is 15.5 Å². The van der Waals surface area contributed by atoms with Gasteiger partial charge in [-0.2, -0.15) is 5.10 Å². The summed E-state index contributed by atoms with van der Waals surface area (Å²) < 4.78 is 14.8. The molecule has 0 spiro atoms. The summed E-state index contributed by atoms with van der Waals surface area (Å²) in [6.07, 6.45) is 2.85. The molecule has 0 aliphatic rings. The Labute approximate surface area is 164 Å². The Morgan fingerprint density at radius 1 is 1.31 bits per heavy atom. The van der Waals surface area contributed by atoms with Crippen LogP contribution < -0.4 is 10.6 Å². The Bertz CT molecular complexity index is 717. The largest absolute Gasteiger partial charge is 0.362 e. The zero-order valence-corrected chi connectivity index (χ0v) is 16.7. The maximum Gasteiger partial charge on any atom is 0.171 e. The van der Waals surface area contributed by atoms with E-state index in [2.05, 4.69) is 34.5 Å². The van der Waals surface area contributed by atoms with Crippen LogP contribution in [0.1, 0.15) is 25.8 Å². The molecule has 0 aliphatic carbocycles. The Hall–Kier alpha value is -1.70. The molecule has 8 heteroatoms. The molecule has 0 radical (unpaired) electrons. The second-order valence-electron chi connectivity index (χ2n) is 5.90. The molecule has 5 nitrogen and oxygen atoms in total. The highest BCUT2D eigenvalue weighted by Gasteiger charge is 2.06. The molecule has 142 valence electrons. The molecule has 0 saturated heterocycles. The Morgan fingerprint density at radius 3 is 2.77 bits per heavy atom. The van der Waals surface area contributed by atoms with Crippen molar-refractivity contribution in [1.29, 1.82) is 0 Å². The summed E-state index contributed by atoms with van der Waals surface area (Å²) in [7, 11) is 0. The first-order chi connectivity index (χ1) is 12.5. The third kappa shape index (κ3) is 6.55.